The van der Waals surface area contributed by atoms with Crippen molar-refractivity contribution in [3.63, 3.8) is 0 Å². The normalized spacial score (nSPS) is 28.5. The first-order chi connectivity index (χ1) is 11.0. The molecule has 2 aliphatic carbocycles. The number of aryl methyl sites for hydroxylation is 1. The van der Waals surface area contributed by atoms with E-state index in [2.05, 4.69) is 38.7 Å². The fraction of sp³-hybridized carbons (Fsp3) is 0.600. The van der Waals surface area contributed by atoms with E-state index in [1.807, 2.05) is 26.1 Å². The highest BCUT2D eigenvalue weighted by atomic mass is 16.1. The largest absolute Gasteiger partial charge is 0.293 e. The van der Waals surface area contributed by atoms with E-state index >= 15 is 0 Å². The summed E-state index contributed by atoms with van der Waals surface area (Å²) in [6, 6.07) is 2.11. The van der Waals surface area contributed by atoms with Crippen molar-refractivity contribution in [3.05, 3.63) is 34.9 Å². The number of fused-ring (bicyclic) bond motifs is 3. The molecule has 0 aromatic carbocycles. The number of hydrogen-bond acceptors (Lipinski definition) is 4. The van der Waals surface area contributed by atoms with Gasteiger partial charge in [0.05, 0.1) is 11.3 Å². The lowest BCUT2D eigenvalue weighted by Gasteiger charge is -2.50. The predicted octanol–water partition coefficient (Wildman–Crippen LogP) is 3.65. The number of hydrogen-bond donors (Lipinski definition) is 0. The fourth-order valence-corrected chi connectivity index (χ4v) is 4.42. The molecule has 2 atom stereocenters. The second-order valence-electron chi connectivity index (χ2n) is 8.91. The lowest BCUT2D eigenvalue weighted by molar-refractivity contribution is -0.128. The summed E-state index contributed by atoms with van der Waals surface area (Å²) in [7, 11) is 0. The number of nitrogens with zero attached hydrogens (tertiary/aromatic N) is 3. The maximum absolute atomic E-state index is 12.7. The first-order valence-corrected chi connectivity index (χ1v) is 8.56. The van der Waals surface area contributed by atoms with Crippen molar-refractivity contribution in [1.29, 1.82) is 5.26 Å². The van der Waals surface area contributed by atoms with E-state index < -0.39 is 10.8 Å². The van der Waals surface area contributed by atoms with Crippen LogP contribution in [0, 0.1) is 22.7 Å². The van der Waals surface area contributed by atoms with Gasteiger partial charge in [-0.15, -0.1) is 0 Å². The zero-order valence-electron chi connectivity index (χ0n) is 15.4. The summed E-state index contributed by atoms with van der Waals surface area (Å²) in [5.41, 5.74) is 1.30. The lowest BCUT2D eigenvalue weighted by Crippen LogP contribution is -2.51. The Morgan fingerprint density at radius 1 is 1.29 bits per heavy atom. The van der Waals surface area contributed by atoms with Gasteiger partial charge in [-0.05, 0) is 24.3 Å². The predicted molar refractivity (Wildman–Crippen MR) is 92.4 cm³/mol. The first-order valence-electron chi connectivity index (χ1n) is 8.56. The molecule has 0 N–H and O–H groups in total. The Bertz CT molecular complexity index is 792. The van der Waals surface area contributed by atoms with Gasteiger partial charge in [-0.1, -0.05) is 47.6 Å². The van der Waals surface area contributed by atoms with Crippen LogP contribution in [-0.2, 0) is 22.0 Å². The molecule has 4 heteroatoms. The average Bonchev–Trinajstić information content (AvgIpc) is 2.50. The molecule has 0 spiro atoms. The van der Waals surface area contributed by atoms with Crippen molar-refractivity contribution in [1.82, 2.24) is 9.97 Å². The van der Waals surface area contributed by atoms with Crippen molar-refractivity contribution in [3.8, 4) is 6.07 Å². The quantitative estimate of drug-likeness (QED) is 0.731. The van der Waals surface area contributed by atoms with Gasteiger partial charge in [0.15, 0.2) is 5.78 Å². The number of ketones is 1. The minimum absolute atomic E-state index is 0.0407. The van der Waals surface area contributed by atoms with Crippen LogP contribution in [0.5, 0.6) is 0 Å². The van der Waals surface area contributed by atoms with Gasteiger partial charge in [-0.2, -0.15) is 5.26 Å². The molecule has 126 valence electrons. The molecule has 24 heavy (non-hydrogen) atoms. The number of allylic oxidation sites excluding steroid dienone is 2. The van der Waals surface area contributed by atoms with Crippen LogP contribution in [0.3, 0.4) is 0 Å². The van der Waals surface area contributed by atoms with Crippen molar-refractivity contribution >= 4 is 5.78 Å². The summed E-state index contributed by atoms with van der Waals surface area (Å²) >= 11 is 0. The second kappa shape index (κ2) is 4.99. The van der Waals surface area contributed by atoms with Crippen molar-refractivity contribution in [2.45, 2.75) is 65.2 Å². The summed E-state index contributed by atoms with van der Waals surface area (Å²) < 4.78 is 0. The van der Waals surface area contributed by atoms with Crippen LogP contribution in [-0.4, -0.2) is 15.8 Å². The third-order valence-corrected chi connectivity index (χ3v) is 5.74. The molecular formula is C20H25N3O. The molecule has 0 saturated heterocycles. The molecule has 0 aliphatic heterocycles. The van der Waals surface area contributed by atoms with Gasteiger partial charge in [-0.25, -0.2) is 9.97 Å². The fourth-order valence-electron chi connectivity index (χ4n) is 4.42. The standard InChI is InChI=1S/C20H25N3O/c1-18(2,3)17-22-11-12-7-8-14-19(4,5)16(24)13(10-21)9-20(14,6)15(12)23-17/h9,11,14H,7-8H2,1-6H3. The molecule has 4 nitrogen and oxygen atoms in total. The van der Waals surface area contributed by atoms with E-state index in [0.29, 0.717) is 0 Å². The van der Waals surface area contributed by atoms with Crippen LogP contribution in [0.25, 0.3) is 0 Å². The molecular weight excluding hydrogens is 298 g/mol. The van der Waals surface area contributed by atoms with E-state index in [4.69, 9.17) is 4.98 Å². The number of nitriles is 1. The summed E-state index contributed by atoms with van der Waals surface area (Å²) in [5.74, 6) is 0.913. The van der Waals surface area contributed by atoms with Crippen molar-refractivity contribution < 1.29 is 4.79 Å². The van der Waals surface area contributed by atoms with Gasteiger partial charge < -0.3 is 0 Å². The van der Waals surface area contributed by atoms with Crippen LogP contribution < -0.4 is 0 Å². The molecule has 0 amide bonds. The summed E-state index contributed by atoms with van der Waals surface area (Å²) in [5, 5.41) is 9.46. The van der Waals surface area contributed by atoms with Gasteiger partial charge >= 0.3 is 0 Å². The number of Topliss-reactive ketones (excluding diaryl/α,β-unsaturated/α-hetero) is 1. The Morgan fingerprint density at radius 2 is 1.96 bits per heavy atom. The van der Waals surface area contributed by atoms with Gasteiger partial charge in [-0.3, -0.25) is 4.79 Å². The lowest BCUT2D eigenvalue weighted by atomic mass is 9.52. The van der Waals surface area contributed by atoms with Gasteiger partial charge in [0.25, 0.3) is 0 Å². The molecule has 0 bridgehead atoms. The Morgan fingerprint density at radius 3 is 2.54 bits per heavy atom. The topological polar surface area (TPSA) is 66.6 Å². The molecule has 1 aromatic rings. The monoisotopic (exact) mass is 323 g/mol. The van der Waals surface area contributed by atoms with Crippen LogP contribution >= 0.6 is 0 Å². The third kappa shape index (κ3) is 2.22. The maximum atomic E-state index is 12.7. The SMILES string of the molecule is CC(C)(C)c1ncc2c(n1)C1(C)C=C(C#N)C(=O)C(C)(C)C1CC2. The number of rotatable bonds is 0. The van der Waals surface area contributed by atoms with Gasteiger partial charge in [0, 0.05) is 22.4 Å². The minimum Gasteiger partial charge on any atom is -0.293 e. The first kappa shape index (κ1) is 16.8. The Kier molecular flexibility index (Phi) is 3.50. The number of aromatic nitrogens is 2. The van der Waals surface area contributed by atoms with E-state index in [0.717, 1.165) is 29.9 Å². The summed E-state index contributed by atoms with van der Waals surface area (Å²) in [6.45, 7) is 12.4. The zero-order chi connectivity index (χ0) is 17.9. The van der Waals surface area contributed by atoms with E-state index in [1.165, 1.54) is 0 Å². The maximum Gasteiger partial charge on any atom is 0.178 e. The molecule has 2 aliphatic rings. The molecule has 1 aromatic heterocycles. The Labute approximate surface area is 144 Å². The molecule has 0 radical (unpaired) electrons. The molecule has 0 fully saturated rings. The highest BCUT2D eigenvalue weighted by molar-refractivity contribution is 6.04. The highest BCUT2D eigenvalue weighted by Crippen LogP contribution is 2.54. The van der Waals surface area contributed by atoms with E-state index in [-0.39, 0.29) is 22.7 Å². The van der Waals surface area contributed by atoms with Crippen molar-refractivity contribution in [2.24, 2.45) is 11.3 Å². The third-order valence-electron chi connectivity index (χ3n) is 5.74. The van der Waals surface area contributed by atoms with Crippen LogP contribution in [0.2, 0.25) is 0 Å². The molecule has 1 heterocycles. The van der Waals surface area contributed by atoms with Crippen LogP contribution in [0.15, 0.2) is 17.8 Å². The zero-order valence-corrected chi connectivity index (χ0v) is 15.4. The highest BCUT2D eigenvalue weighted by Gasteiger charge is 2.54. The second-order valence-corrected chi connectivity index (χ2v) is 8.91. The van der Waals surface area contributed by atoms with E-state index in [9.17, 15) is 10.1 Å². The average molecular weight is 323 g/mol. The van der Waals surface area contributed by atoms with Gasteiger partial charge in [0.2, 0.25) is 0 Å². The molecule has 3 rings (SSSR count). The van der Waals surface area contributed by atoms with Gasteiger partial charge in [0.1, 0.15) is 11.9 Å². The number of carbonyl (C=O) groups excluding carboxylic acids is 1. The summed E-state index contributed by atoms with van der Waals surface area (Å²) in [6.07, 6.45) is 5.60. The van der Waals surface area contributed by atoms with E-state index in [1.54, 1.807) is 0 Å². The Balaban J connectivity index is 2.27. The molecule has 2 unspecified atom stereocenters. The van der Waals surface area contributed by atoms with Crippen LogP contribution in [0.1, 0.15) is 65.0 Å². The smallest absolute Gasteiger partial charge is 0.178 e. The summed E-state index contributed by atoms with van der Waals surface area (Å²) in [4.78, 5) is 22.2. The Hall–Kier alpha value is -2.02. The van der Waals surface area contributed by atoms with Crippen LogP contribution in [0.4, 0.5) is 0 Å². The van der Waals surface area contributed by atoms with Crippen molar-refractivity contribution in [2.75, 3.05) is 0 Å². The molecule has 0 saturated carbocycles. The minimum atomic E-state index is -0.556. The number of carbonyl (C=O) groups is 1.